The summed E-state index contributed by atoms with van der Waals surface area (Å²) in [5, 5.41) is 4.87. The Morgan fingerprint density at radius 3 is 2.44 bits per heavy atom. The zero-order valence-corrected chi connectivity index (χ0v) is 21.2. The number of methoxy groups -OCH3 is 1. The molecule has 0 radical (unpaired) electrons. The van der Waals surface area contributed by atoms with Crippen molar-refractivity contribution in [2.24, 2.45) is 5.92 Å². The van der Waals surface area contributed by atoms with Gasteiger partial charge in [0.15, 0.2) is 12.4 Å². The number of fused-ring (bicyclic) bond motifs is 1. The van der Waals surface area contributed by atoms with Crippen molar-refractivity contribution in [3.63, 3.8) is 0 Å². The number of aromatic nitrogens is 2. The molecule has 0 aliphatic carbocycles. The second-order valence-corrected chi connectivity index (χ2v) is 10.1. The van der Waals surface area contributed by atoms with E-state index in [1.165, 1.54) is 13.2 Å². The molecule has 1 aromatic carbocycles. The fourth-order valence-electron chi connectivity index (χ4n) is 4.14. The van der Waals surface area contributed by atoms with Gasteiger partial charge in [-0.2, -0.15) is 18.3 Å². The van der Waals surface area contributed by atoms with Gasteiger partial charge in [-0.25, -0.2) is 4.79 Å². The van der Waals surface area contributed by atoms with Crippen molar-refractivity contribution < 1.29 is 37.0 Å². The third-order valence-electron chi connectivity index (χ3n) is 5.83. The third kappa shape index (κ3) is 7.84. The molecule has 1 aliphatic heterocycles. The normalized spacial score (nSPS) is 15.4. The zero-order valence-electron chi connectivity index (χ0n) is 21.2. The van der Waals surface area contributed by atoms with E-state index in [0.717, 1.165) is 12.8 Å². The monoisotopic (exact) mass is 513 g/mol. The minimum Gasteiger partial charge on any atom is -0.483 e. The van der Waals surface area contributed by atoms with Gasteiger partial charge in [-0.3, -0.25) is 9.48 Å². The molecule has 200 valence electrons. The molecule has 0 bridgehead atoms. The van der Waals surface area contributed by atoms with Gasteiger partial charge < -0.3 is 19.1 Å². The number of piperidine rings is 1. The number of ketones is 1. The summed E-state index contributed by atoms with van der Waals surface area (Å²) in [5.74, 6) is -0.181. The number of Topliss-reactive ketones (excluding diaryl/α,β-unsaturated/α-hetero) is 1. The molecule has 11 heteroatoms. The molecule has 1 saturated heterocycles. The molecule has 8 nitrogen and oxygen atoms in total. The lowest BCUT2D eigenvalue weighted by atomic mass is 9.97. The first kappa shape index (κ1) is 27.8. The molecule has 1 fully saturated rings. The van der Waals surface area contributed by atoms with E-state index >= 15 is 0 Å². The average Bonchev–Trinajstić information content (AvgIpc) is 3.18. The number of benzene rings is 1. The standard InChI is InChI=1S/C25H34F3N3O5/c1-24(2,3)36-23(33)30-11-9-17(10-12-30)14-31-15-19-20(29-31)8-7-18(21(32)6-5-13-34-4)22(19)35-16-25(26,27)28/h7-8,15,17H,5-6,9-14,16H2,1-4H3. The maximum atomic E-state index is 12.9. The van der Waals surface area contributed by atoms with Gasteiger partial charge in [-0.05, 0) is 58.1 Å². The second kappa shape index (κ2) is 11.5. The molecule has 0 N–H and O–H groups in total. The van der Waals surface area contributed by atoms with Crippen LogP contribution in [0.15, 0.2) is 18.3 Å². The van der Waals surface area contributed by atoms with E-state index in [1.54, 1.807) is 21.8 Å². The summed E-state index contributed by atoms with van der Waals surface area (Å²) in [5.41, 5.74) is -0.00110. The Balaban J connectivity index is 1.74. The maximum absolute atomic E-state index is 12.9. The van der Waals surface area contributed by atoms with Crippen LogP contribution in [0.5, 0.6) is 5.75 Å². The van der Waals surface area contributed by atoms with E-state index in [2.05, 4.69) is 5.10 Å². The number of rotatable bonds is 9. The van der Waals surface area contributed by atoms with Gasteiger partial charge in [0.1, 0.15) is 11.4 Å². The van der Waals surface area contributed by atoms with Gasteiger partial charge in [-0.15, -0.1) is 0 Å². The molecule has 2 heterocycles. The highest BCUT2D eigenvalue weighted by atomic mass is 19.4. The third-order valence-corrected chi connectivity index (χ3v) is 5.83. The molecular weight excluding hydrogens is 479 g/mol. The van der Waals surface area contributed by atoms with Crippen molar-refractivity contribution >= 4 is 22.8 Å². The summed E-state index contributed by atoms with van der Waals surface area (Å²) >= 11 is 0. The number of ether oxygens (including phenoxy) is 3. The van der Waals surface area contributed by atoms with Crippen LogP contribution < -0.4 is 4.74 Å². The second-order valence-electron chi connectivity index (χ2n) is 10.1. The molecule has 0 spiro atoms. The van der Waals surface area contributed by atoms with Crippen LogP contribution in [-0.4, -0.2) is 71.7 Å². The minimum absolute atomic E-state index is 0.0989. The van der Waals surface area contributed by atoms with Crippen molar-refractivity contribution in [2.75, 3.05) is 33.4 Å². The van der Waals surface area contributed by atoms with E-state index in [0.29, 0.717) is 43.6 Å². The van der Waals surface area contributed by atoms with Gasteiger partial charge in [0.2, 0.25) is 0 Å². The predicted molar refractivity (Wildman–Crippen MR) is 127 cm³/mol. The van der Waals surface area contributed by atoms with Crippen LogP contribution in [0.1, 0.15) is 56.8 Å². The van der Waals surface area contributed by atoms with Crippen molar-refractivity contribution in [1.82, 2.24) is 14.7 Å². The predicted octanol–water partition coefficient (Wildman–Crippen LogP) is 5.23. The number of alkyl halides is 3. The quantitative estimate of drug-likeness (QED) is 0.337. The van der Waals surface area contributed by atoms with Crippen LogP contribution >= 0.6 is 0 Å². The van der Waals surface area contributed by atoms with Crippen molar-refractivity contribution in [1.29, 1.82) is 0 Å². The van der Waals surface area contributed by atoms with Crippen LogP contribution in [-0.2, 0) is 16.0 Å². The highest BCUT2D eigenvalue weighted by Gasteiger charge is 2.31. The first-order chi connectivity index (χ1) is 16.9. The Morgan fingerprint density at radius 2 is 1.83 bits per heavy atom. The number of amides is 1. The minimum atomic E-state index is -4.55. The number of nitrogens with zero attached hydrogens (tertiary/aromatic N) is 3. The molecular formula is C25H34F3N3O5. The molecule has 2 aromatic rings. The zero-order chi connectivity index (χ0) is 26.5. The molecule has 1 aromatic heterocycles. The summed E-state index contributed by atoms with van der Waals surface area (Å²) < 4.78 is 56.0. The fourth-order valence-corrected chi connectivity index (χ4v) is 4.14. The molecule has 1 aliphatic rings. The first-order valence-corrected chi connectivity index (χ1v) is 12.1. The Morgan fingerprint density at radius 1 is 1.14 bits per heavy atom. The SMILES string of the molecule is COCCCC(=O)c1ccc2nn(CC3CCN(C(=O)OC(C)(C)C)CC3)cc2c1OCC(F)(F)F. The lowest BCUT2D eigenvalue weighted by Gasteiger charge is -2.33. The number of halogens is 3. The Bertz CT molecular complexity index is 1050. The van der Waals surface area contributed by atoms with Crippen LogP contribution in [0.3, 0.4) is 0 Å². The summed E-state index contributed by atoms with van der Waals surface area (Å²) in [6.45, 7) is 5.99. The lowest BCUT2D eigenvalue weighted by molar-refractivity contribution is -0.153. The van der Waals surface area contributed by atoms with Gasteiger partial charge in [0.25, 0.3) is 0 Å². The molecule has 0 saturated carbocycles. The van der Waals surface area contributed by atoms with Crippen LogP contribution in [0.25, 0.3) is 10.9 Å². The van der Waals surface area contributed by atoms with E-state index in [9.17, 15) is 22.8 Å². The van der Waals surface area contributed by atoms with Crippen molar-refractivity contribution in [3.05, 3.63) is 23.9 Å². The summed E-state index contributed by atoms with van der Waals surface area (Å²) in [6.07, 6.45) is -1.17. The van der Waals surface area contributed by atoms with Crippen molar-refractivity contribution in [3.8, 4) is 5.75 Å². The number of carbonyl (C=O) groups is 2. The van der Waals surface area contributed by atoms with E-state index in [-0.39, 0.29) is 35.5 Å². The van der Waals surface area contributed by atoms with Gasteiger partial charge in [0, 0.05) is 46.0 Å². The van der Waals surface area contributed by atoms with Crippen LogP contribution in [0.2, 0.25) is 0 Å². The van der Waals surface area contributed by atoms with Crippen molar-refractivity contribution in [2.45, 2.75) is 64.8 Å². The smallest absolute Gasteiger partial charge is 0.422 e. The fraction of sp³-hybridized carbons (Fsp3) is 0.640. The number of carbonyl (C=O) groups excluding carboxylic acids is 2. The van der Waals surface area contributed by atoms with Gasteiger partial charge in [-0.1, -0.05) is 0 Å². The molecule has 36 heavy (non-hydrogen) atoms. The molecule has 3 rings (SSSR count). The van der Waals surface area contributed by atoms with E-state index < -0.39 is 18.4 Å². The number of hydrogen-bond donors (Lipinski definition) is 0. The van der Waals surface area contributed by atoms with Crippen LogP contribution in [0.4, 0.5) is 18.0 Å². The Hall–Kier alpha value is -2.82. The average molecular weight is 514 g/mol. The molecule has 0 atom stereocenters. The first-order valence-electron chi connectivity index (χ1n) is 12.1. The van der Waals surface area contributed by atoms with Crippen LogP contribution in [0, 0.1) is 5.92 Å². The topological polar surface area (TPSA) is 82.9 Å². The molecule has 1 amide bonds. The number of likely N-dealkylation sites (tertiary alicyclic amines) is 1. The summed E-state index contributed by atoms with van der Waals surface area (Å²) in [7, 11) is 1.52. The van der Waals surface area contributed by atoms with E-state index in [4.69, 9.17) is 14.2 Å². The highest BCUT2D eigenvalue weighted by molar-refractivity contribution is 6.04. The largest absolute Gasteiger partial charge is 0.483 e. The summed E-state index contributed by atoms with van der Waals surface area (Å²) in [4.78, 5) is 26.7. The summed E-state index contributed by atoms with van der Waals surface area (Å²) in [6, 6.07) is 3.10. The number of hydrogen-bond acceptors (Lipinski definition) is 6. The lowest BCUT2D eigenvalue weighted by Crippen LogP contribution is -2.42. The maximum Gasteiger partial charge on any atom is 0.422 e. The van der Waals surface area contributed by atoms with E-state index in [1.807, 2.05) is 20.8 Å². The van der Waals surface area contributed by atoms with Gasteiger partial charge >= 0.3 is 12.3 Å². The Kier molecular flexibility index (Phi) is 8.86. The molecule has 0 unspecified atom stereocenters. The Labute approximate surface area is 208 Å². The van der Waals surface area contributed by atoms with Gasteiger partial charge in [0.05, 0.1) is 16.5 Å². The highest BCUT2D eigenvalue weighted by Crippen LogP contribution is 2.33.